The molecule has 4 heteroatoms. The van der Waals surface area contributed by atoms with Crippen LogP contribution < -0.4 is 10.1 Å². The first-order valence-corrected chi connectivity index (χ1v) is 8.18. The van der Waals surface area contributed by atoms with Gasteiger partial charge in [0, 0.05) is 6.54 Å². The molecule has 0 heterocycles. The summed E-state index contributed by atoms with van der Waals surface area (Å²) in [5.74, 6) is 0.394. The normalized spacial score (nSPS) is 11.8. The molecule has 0 saturated carbocycles. The van der Waals surface area contributed by atoms with Gasteiger partial charge >= 0.3 is 0 Å². The zero-order valence-electron chi connectivity index (χ0n) is 13.5. The van der Waals surface area contributed by atoms with Gasteiger partial charge in [0.1, 0.15) is 5.75 Å². The Hall–Kier alpha value is -2.00. The lowest BCUT2D eigenvalue weighted by Crippen LogP contribution is -2.37. The van der Waals surface area contributed by atoms with Gasteiger partial charge in [-0.15, -0.1) is 0 Å². The Morgan fingerprint density at radius 2 is 1.87 bits per heavy atom. The van der Waals surface area contributed by atoms with E-state index in [1.165, 1.54) is 11.1 Å². The number of rotatable bonds is 7. The average molecular weight is 332 g/mol. The predicted molar refractivity (Wildman–Crippen MR) is 94.1 cm³/mol. The van der Waals surface area contributed by atoms with Gasteiger partial charge in [0.05, 0.1) is 5.02 Å². The standard InChI is InChI=1S/C19H22ClNO2/c1-14-9-11-16(12-10-14)6-5-13-21-19(22)15(2)23-18-8-4-3-7-17(18)20/h3-4,7-12,15H,5-6,13H2,1-2H3,(H,21,22)/t15-/m0/s1. The lowest BCUT2D eigenvalue weighted by atomic mass is 10.1. The highest BCUT2D eigenvalue weighted by Gasteiger charge is 2.15. The summed E-state index contributed by atoms with van der Waals surface area (Å²) in [4.78, 5) is 12.0. The molecule has 3 nitrogen and oxygen atoms in total. The molecule has 0 radical (unpaired) electrons. The van der Waals surface area contributed by atoms with E-state index in [9.17, 15) is 4.79 Å². The lowest BCUT2D eigenvalue weighted by Gasteiger charge is -2.15. The van der Waals surface area contributed by atoms with Crippen molar-refractivity contribution in [3.05, 3.63) is 64.7 Å². The maximum atomic E-state index is 12.0. The summed E-state index contributed by atoms with van der Waals surface area (Å²) in [7, 11) is 0. The summed E-state index contributed by atoms with van der Waals surface area (Å²) in [5.41, 5.74) is 2.54. The minimum Gasteiger partial charge on any atom is -0.479 e. The van der Waals surface area contributed by atoms with E-state index < -0.39 is 6.10 Å². The molecule has 2 rings (SSSR count). The van der Waals surface area contributed by atoms with Gasteiger partial charge in [0.2, 0.25) is 0 Å². The van der Waals surface area contributed by atoms with E-state index in [1.54, 1.807) is 19.1 Å². The molecule has 122 valence electrons. The Bertz CT molecular complexity index is 640. The van der Waals surface area contributed by atoms with Crippen LogP contribution in [-0.4, -0.2) is 18.6 Å². The number of para-hydroxylation sites is 1. The van der Waals surface area contributed by atoms with E-state index >= 15 is 0 Å². The summed E-state index contributed by atoms with van der Waals surface area (Å²) in [6.45, 7) is 4.42. The van der Waals surface area contributed by atoms with E-state index in [1.807, 2.05) is 12.1 Å². The van der Waals surface area contributed by atoms with E-state index in [0.717, 1.165) is 12.8 Å². The van der Waals surface area contributed by atoms with E-state index in [0.29, 0.717) is 17.3 Å². The fourth-order valence-corrected chi connectivity index (χ4v) is 2.37. The van der Waals surface area contributed by atoms with Crippen molar-refractivity contribution in [3.8, 4) is 5.75 Å². The number of hydrogen-bond acceptors (Lipinski definition) is 2. The van der Waals surface area contributed by atoms with Crippen molar-refractivity contribution in [2.75, 3.05) is 6.54 Å². The number of hydrogen-bond donors (Lipinski definition) is 1. The zero-order chi connectivity index (χ0) is 16.7. The third kappa shape index (κ3) is 5.61. The smallest absolute Gasteiger partial charge is 0.260 e. The monoisotopic (exact) mass is 331 g/mol. The molecule has 23 heavy (non-hydrogen) atoms. The van der Waals surface area contributed by atoms with Crippen molar-refractivity contribution in [1.82, 2.24) is 5.32 Å². The fourth-order valence-electron chi connectivity index (χ4n) is 2.19. The maximum absolute atomic E-state index is 12.0. The zero-order valence-corrected chi connectivity index (χ0v) is 14.3. The Morgan fingerprint density at radius 1 is 1.17 bits per heavy atom. The molecule has 1 amide bonds. The van der Waals surface area contributed by atoms with Crippen molar-refractivity contribution in [3.63, 3.8) is 0 Å². The van der Waals surface area contributed by atoms with Gasteiger partial charge in [-0.05, 0) is 44.4 Å². The van der Waals surface area contributed by atoms with Crippen LogP contribution in [0.25, 0.3) is 0 Å². The Kier molecular flexibility index (Phi) is 6.48. The molecule has 0 aliphatic carbocycles. The minimum atomic E-state index is -0.575. The highest BCUT2D eigenvalue weighted by molar-refractivity contribution is 6.32. The van der Waals surface area contributed by atoms with Crippen LogP contribution in [0, 0.1) is 6.92 Å². The summed E-state index contributed by atoms with van der Waals surface area (Å²) in [6.07, 6.45) is 1.27. The largest absolute Gasteiger partial charge is 0.479 e. The van der Waals surface area contributed by atoms with Crippen LogP contribution in [0.15, 0.2) is 48.5 Å². The lowest BCUT2D eigenvalue weighted by molar-refractivity contribution is -0.127. The molecule has 0 aromatic heterocycles. The molecule has 0 aliphatic heterocycles. The number of amides is 1. The molecule has 1 N–H and O–H groups in total. The average Bonchev–Trinajstić information content (AvgIpc) is 2.55. The number of halogens is 1. The van der Waals surface area contributed by atoms with Crippen LogP contribution in [-0.2, 0) is 11.2 Å². The van der Waals surface area contributed by atoms with Crippen molar-refractivity contribution in [1.29, 1.82) is 0 Å². The quantitative estimate of drug-likeness (QED) is 0.773. The van der Waals surface area contributed by atoms with E-state index in [-0.39, 0.29) is 5.91 Å². The number of nitrogens with one attached hydrogen (secondary N) is 1. The first-order chi connectivity index (χ1) is 11.1. The molecular weight excluding hydrogens is 310 g/mol. The molecule has 0 spiro atoms. The van der Waals surface area contributed by atoms with Crippen LogP contribution in [0.3, 0.4) is 0 Å². The van der Waals surface area contributed by atoms with Gasteiger partial charge in [-0.25, -0.2) is 0 Å². The van der Waals surface area contributed by atoms with Crippen molar-refractivity contribution >= 4 is 17.5 Å². The second-order valence-electron chi connectivity index (χ2n) is 5.57. The first-order valence-electron chi connectivity index (χ1n) is 7.80. The number of carbonyl (C=O) groups is 1. The second kappa shape index (κ2) is 8.59. The molecule has 0 aliphatic rings. The van der Waals surface area contributed by atoms with E-state index in [2.05, 4.69) is 36.5 Å². The molecule has 1 atom stereocenters. The van der Waals surface area contributed by atoms with Crippen LogP contribution in [0.5, 0.6) is 5.75 Å². The van der Waals surface area contributed by atoms with Gasteiger partial charge in [-0.1, -0.05) is 53.6 Å². The van der Waals surface area contributed by atoms with Gasteiger partial charge in [-0.2, -0.15) is 0 Å². The topological polar surface area (TPSA) is 38.3 Å². The van der Waals surface area contributed by atoms with Crippen LogP contribution in [0.2, 0.25) is 5.02 Å². The van der Waals surface area contributed by atoms with Crippen LogP contribution in [0.1, 0.15) is 24.5 Å². The first kappa shape index (κ1) is 17.4. The van der Waals surface area contributed by atoms with Crippen molar-refractivity contribution in [2.24, 2.45) is 0 Å². The second-order valence-corrected chi connectivity index (χ2v) is 5.98. The Morgan fingerprint density at radius 3 is 2.57 bits per heavy atom. The van der Waals surface area contributed by atoms with Crippen LogP contribution >= 0.6 is 11.6 Å². The minimum absolute atomic E-state index is 0.131. The predicted octanol–water partition coefficient (Wildman–Crippen LogP) is 4.16. The molecule has 0 bridgehead atoms. The number of ether oxygens (including phenoxy) is 1. The third-order valence-corrected chi connectivity index (χ3v) is 3.88. The van der Waals surface area contributed by atoms with Gasteiger partial charge in [0.25, 0.3) is 5.91 Å². The molecule has 2 aromatic carbocycles. The van der Waals surface area contributed by atoms with Crippen molar-refractivity contribution in [2.45, 2.75) is 32.8 Å². The summed E-state index contributed by atoms with van der Waals surface area (Å²) in [6, 6.07) is 15.6. The SMILES string of the molecule is Cc1ccc(CCCNC(=O)[C@H](C)Oc2ccccc2Cl)cc1. The molecule has 2 aromatic rings. The highest BCUT2D eigenvalue weighted by Crippen LogP contribution is 2.24. The summed E-state index contributed by atoms with van der Waals surface area (Å²) >= 11 is 6.02. The number of benzene rings is 2. The van der Waals surface area contributed by atoms with Crippen molar-refractivity contribution < 1.29 is 9.53 Å². The van der Waals surface area contributed by atoms with E-state index in [4.69, 9.17) is 16.3 Å². The summed E-state index contributed by atoms with van der Waals surface area (Å²) in [5, 5.41) is 3.40. The van der Waals surface area contributed by atoms with Gasteiger partial charge < -0.3 is 10.1 Å². The molecule has 0 unspecified atom stereocenters. The number of aryl methyl sites for hydroxylation is 2. The van der Waals surface area contributed by atoms with Crippen LogP contribution in [0.4, 0.5) is 0 Å². The highest BCUT2D eigenvalue weighted by atomic mass is 35.5. The number of carbonyl (C=O) groups excluding carboxylic acids is 1. The van der Waals surface area contributed by atoms with Gasteiger partial charge in [-0.3, -0.25) is 4.79 Å². The fraction of sp³-hybridized carbons (Fsp3) is 0.316. The third-order valence-electron chi connectivity index (χ3n) is 3.57. The molecule has 0 saturated heterocycles. The Balaban J connectivity index is 1.72. The molecular formula is C19H22ClNO2. The Labute approximate surface area is 142 Å². The summed E-state index contributed by atoms with van der Waals surface area (Å²) < 4.78 is 5.59. The maximum Gasteiger partial charge on any atom is 0.260 e. The van der Waals surface area contributed by atoms with Gasteiger partial charge in [0.15, 0.2) is 6.10 Å². The molecule has 0 fully saturated rings.